The van der Waals surface area contributed by atoms with E-state index in [1.807, 2.05) is 61.5 Å². The maximum absolute atomic E-state index is 13.5. The van der Waals surface area contributed by atoms with Crippen LogP contribution in [0.1, 0.15) is 22.7 Å². The molecule has 152 valence electrons. The van der Waals surface area contributed by atoms with Crippen LogP contribution in [0.4, 0.5) is 11.4 Å². The average Bonchev–Trinajstić information content (AvgIpc) is 3.31. The Labute approximate surface area is 179 Å². The molecule has 31 heavy (non-hydrogen) atoms. The van der Waals surface area contributed by atoms with Gasteiger partial charge in [-0.15, -0.1) is 0 Å². The van der Waals surface area contributed by atoms with Gasteiger partial charge in [-0.25, -0.2) is 9.96 Å². The number of nitriles is 1. The van der Waals surface area contributed by atoms with Gasteiger partial charge in [-0.3, -0.25) is 14.4 Å². The molecular weight excluding hydrogens is 390 g/mol. The Balaban J connectivity index is 1.58. The van der Waals surface area contributed by atoms with Gasteiger partial charge < -0.3 is 0 Å². The van der Waals surface area contributed by atoms with Gasteiger partial charge in [0, 0.05) is 0 Å². The molecule has 3 aromatic rings. The number of fused-ring (bicyclic) bond motifs is 1. The number of aryl methyl sites for hydroxylation is 1. The van der Waals surface area contributed by atoms with Crippen molar-refractivity contribution in [3.8, 4) is 6.07 Å². The van der Waals surface area contributed by atoms with E-state index in [-0.39, 0.29) is 11.8 Å². The summed E-state index contributed by atoms with van der Waals surface area (Å²) in [6.45, 7) is 1.95. The maximum atomic E-state index is 13.5. The molecule has 6 nitrogen and oxygen atoms in total. The standard InChI is InChI=1S/C25H19N3O3/c1-16-7-13-19(14-8-16)27-24(29)21-22(18-11-9-17(15-26)10-12-18)28(31-23(21)25(27)30)20-5-3-2-4-6-20/h2-14,21-23H,1H3/t21-,22+,23-/m1/s1. The van der Waals surface area contributed by atoms with Crippen molar-refractivity contribution in [3.63, 3.8) is 0 Å². The Morgan fingerprint density at radius 3 is 2.16 bits per heavy atom. The molecule has 0 unspecified atom stereocenters. The SMILES string of the molecule is Cc1ccc(N2C(=O)[C@H]3[C@@H](ON(c4ccccc4)[C@H]3c3ccc(C#N)cc3)C2=O)cc1. The highest BCUT2D eigenvalue weighted by Gasteiger charge is 2.60. The molecule has 0 saturated carbocycles. The van der Waals surface area contributed by atoms with Crippen molar-refractivity contribution in [1.29, 1.82) is 5.26 Å². The number of hydrogen-bond donors (Lipinski definition) is 0. The van der Waals surface area contributed by atoms with E-state index in [9.17, 15) is 9.59 Å². The fourth-order valence-corrected chi connectivity index (χ4v) is 4.26. The fourth-order valence-electron chi connectivity index (χ4n) is 4.26. The first-order valence-electron chi connectivity index (χ1n) is 10.0. The van der Waals surface area contributed by atoms with Crippen LogP contribution in [0.15, 0.2) is 78.9 Å². The topological polar surface area (TPSA) is 73.6 Å². The highest BCUT2D eigenvalue weighted by molar-refractivity contribution is 6.23. The van der Waals surface area contributed by atoms with Gasteiger partial charge in [0.05, 0.1) is 29.0 Å². The van der Waals surface area contributed by atoms with E-state index < -0.39 is 18.1 Å². The number of benzene rings is 3. The predicted octanol–water partition coefficient (Wildman–Crippen LogP) is 3.92. The second-order valence-corrected chi connectivity index (χ2v) is 7.74. The summed E-state index contributed by atoms with van der Waals surface area (Å²) >= 11 is 0. The van der Waals surface area contributed by atoms with Gasteiger partial charge in [-0.05, 0) is 48.9 Å². The molecule has 0 spiro atoms. The van der Waals surface area contributed by atoms with E-state index in [2.05, 4.69) is 6.07 Å². The van der Waals surface area contributed by atoms with E-state index in [0.717, 1.165) is 16.8 Å². The molecule has 2 heterocycles. The first-order chi connectivity index (χ1) is 15.1. The summed E-state index contributed by atoms with van der Waals surface area (Å²) in [5.74, 6) is -1.34. The van der Waals surface area contributed by atoms with Crippen LogP contribution in [-0.2, 0) is 14.4 Å². The van der Waals surface area contributed by atoms with Crippen LogP contribution in [0, 0.1) is 24.2 Å². The molecule has 2 aliphatic heterocycles. The van der Waals surface area contributed by atoms with Gasteiger partial charge in [0.1, 0.15) is 5.92 Å². The van der Waals surface area contributed by atoms with Crippen LogP contribution in [0.25, 0.3) is 0 Å². The Bertz CT molecular complexity index is 1180. The van der Waals surface area contributed by atoms with Crippen LogP contribution in [0.5, 0.6) is 0 Å². The van der Waals surface area contributed by atoms with Crippen LogP contribution in [0.2, 0.25) is 0 Å². The minimum Gasteiger partial charge on any atom is -0.273 e. The largest absolute Gasteiger partial charge is 0.273 e. The summed E-state index contributed by atoms with van der Waals surface area (Å²) in [5.41, 5.74) is 3.69. The van der Waals surface area contributed by atoms with Gasteiger partial charge in [0.15, 0.2) is 6.10 Å². The molecule has 5 rings (SSSR count). The number of rotatable bonds is 3. The van der Waals surface area contributed by atoms with Crippen molar-refractivity contribution in [2.24, 2.45) is 5.92 Å². The summed E-state index contributed by atoms with van der Waals surface area (Å²) in [4.78, 5) is 34.1. The van der Waals surface area contributed by atoms with E-state index in [0.29, 0.717) is 11.3 Å². The molecule has 2 fully saturated rings. The van der Waals surface area contributed by atoms with Gasteiger partial charge in [0.2, 0.25) is 5.91 Å². The fraction of sp³-hybridized carbons (Fsp3) is 0.160. The molecule has 0 radical (unpaired) electrons. The molecule has 3 atom stereocenters. The van der Waals surface area contributed by atoms with Crippen molar-refractivity contribution in [2.45, 2.75) is 19.1 Å². The van der Waals surface area contributed by atoms with E-state index in [1.54, 1.807) is 29.3 Å². The molecule has 0 aromatic heterocycles. The third-order valence-corrected chi connectivity index (χ3v) is 5.80. The second-order valence-electron chi connectivity index (χ2n) is 7.74. The number of carbonyl (C=O) groups is 2. The van der Waals surface area contributed by atoms with Gasteiger partial charge in [0.25, 0.3) is 5.91 Å². The molecule has 2 saturated heterocycles. The van der Waals surface area contributed by atoms with Crippen molar-refractivity contribution in [3.05, 3.63) is 95.6 Å². The first-order valence-corrected chi connectivity index (χ1v) is 10.0. The minimum atomic E-state index is -0.908. The molecule has 6 heteroatoms. The first kappa shape index (κ1) is 19.0. The lowest BCUT2D eigenvalue weighted by Gasteiger charge is -2.28. The highest BCUT2D eigenvalue weighted by Crippen LogP contribution is 2.47. The van der Waals surface area contributed by atoms with Crippen molar-refractivity contribution < 1.29 is 14.4 Å². The van der Waals surface area contributed by atoms with Crippen LogP contribution in [-0.4, -0.2) is 17.9 Å². The number of carbonyl (C=O) groups excluding carboxylic acids is 2. The van der Waals surface area contributed by atoms with Crippen LogP contribution >= 0.6 is 0 Å². The number of hydrogen-bond acceptors (Lipinski definition) is 5. The molecule has 2 amide bonds. The summed E-state index contributed by atoms with van der Waals surface area (Å²) in [6.07, 6.45) is -0.908. The lowest BCUT2D eigenvalue weighted by Crippen LogP contribution is -2.37. The molecule has 2 aliphatic rings. The minimum absolute atomic E-state index is 0.286. The average molecular weight is 409 g/mol. The lowest BCUT2D eigenvalue weighted by atomic mass is 9.90. The molecule has 0 aliphatic carbocycles. The molecule has 0 N–H and O–H groups in total. The Hall–Kier alpha value is -3.95. The zero-order chi connectivity index (χ0) is 21.5. The lowest BCUT2D eigenvalue weighted by molar-refractivity contribution is -0.126. The molecular formula is C25H19N3O3. The monoisotopic (exact) mass is 409 g/mol. The third-order valence-electron chi connectivity index (χ3n) is 5.80. The van der Waals surface area contributed by atoms with Crippen molar-refractivity contribution in [2.75, 3.05) is 9.96 Å². The number of hydroxylamine groups is 1. The molecule has 0 bridgehead atoms. The Kier molecular flexibility index (Phi) is 4.54. The number of amides is 2. The third kappa shape index (κ3) is 3.07. The van der Waals surface area contributed by atoms with Crippen molar-refractivity contribution in [1.82, 2.24) is 0 Å². The number of nitrogens with zero attached hydrogens (tertiary/aromatic N) is 3. The Morgan fingerprint density at radius 2 is 1.52 bits per heavy atom. The van der Waals surface area contributed by atoms with Gasteiger partial charge in [-0.2, -0.15) is 5.26 Å². The summed E-state index contributed by atoms with van der Waals surface area (Å²) < 4.78 is 0. The highest BCUT2D eigenvalue weighted by atomic mass is 16.7. The van der Waals surface area contributed by atoms with Crippen molar-refractivity contribution >= 4 is 23.2 Å². The zero-order valence-electron chi connectivity index (χ0n) is 16.8. The number of para-hydroxylation sites is 1. The normalized spacial score (nSPS) is 22.5. The Morgan fingerprint density at radius 1 is 0.839 bits per heavy atom. The van der Waals surface area contributed by atoms with Gasteiger partial charge in [-0.1, -0.05) is 48.0 Å². The van der Waals surface area contributed by atoms with Crippen LogP contribution in [0.3, 0.4) is 0 Å². The number of imide groups is 1. The summed E-state index contributed by atoms with van der Waals surface area (Å²) in [6, 6.07) is 25.4. The quantitative estimate of drug-likeness (QED) is 0.613. The van der Waals surface area contributed by atoms with Crippen LogP contribution < -0.4 is 9.96 Å². The predicted molar refractivity (Wildman–Crippen MR) is 115 cm³/mol. The van der Waals surface area contributed by atoms with E-state index >= 15 is 0 Å². The maximum Gasteiger partial charge on any atom is 0.266 e. The molecule has 3 aromatic carbocycles. The summed E-state index contributed by atoms with van der Waals surface area (Å²) in [7, 11) is 0. The second kappa shape index (κ2) is 7.38. The van der Waals surface area contributed by atoms with E-state index in [1.165, 1.54) is 4.90 Å². The van der Waals surface area contributed by atoms with E-state index in [4.69, 9.17) is 10.1 Å². The summed E-state index contributed by atoms with van der Waals surface area (Å²) in [5, 5.41) is 10.8. The number of anilines is 2. The van der Waals surface area contributed by atoms with Gasteiger partial charge >= 0.3 is 0 Å². The smallest absolute Gasteiger partial charge is 0.266 e. The zero-order valence-corrected chi connectivity index (χ0v) is 16.8.